The zero-order chi connectivity index (χ0) is 16.1. The molecule has 0 unspecified atom stereocenters. The second-order valence-electron chi connectivity index (χ2n) is 4.55. The molecule has 3 aromatic rings. The third-order valence-electron chi connectivity index (χ3n) is 2.98. The van der Waals surface area contributed by atoms with Gasteiger partial charge in [-0.25, -0.2) is 10.1 Å². The molecule has 1 aromatic carbocycles. The molecule has 1 amide bonds. The van der Waals surface area contributed by atoms with Gasteiger partial charge in [-0.3, -0.25) is 9.89 Å². The van der Waals surface area contributed by atoms with E-state index in [1.54, 1.807) is 6.20 Å². The van der Waals surface area contributed by atoms with E-state index in [2.05, 4.69) is 36.3 Å². The van der Waals surface area contributed by atoms with Gasteiger partial charge in [0.1, 0.15) is 6.54 Å². The van der Waals surface area contributed by atoms with Crippen LogP contribution in [0.5, 0.6) is 0 Å². The molecule has 0 fully saturated rings. The van der Waals surface area contributed by atoms with Crippen LogP contribution in [0.15, 0.2) is 41.6 Å². The second kappa shape index (κ2) is 6.47. The van der Waals surface area contributed by atoms with Gasteiger partial charge in [0.15, 0.2) is 0 Å². The number of H-pyrrole nitrogens is 1. The van der Waals surface area contributed by atoms with E-state index in [4.69, 9.17) is 5.73 Å². The molecule has 10 heteroatoms. The van der Waals surface area contributed by atoms with Crippen LogP contribution in [0.25, 0.3) is 11.3 Å². The predicted octanol–water partition coefficient (Wildman–Crippen LogP) is -0.204. The van der Waals surface area contributed by atoms with E-state index in [1.165, 1.54) is 6.21 Å². The van der Waals surface area contributed by atoms with Gasteiger partial charge in [-0.15, -0.1) is 0 Å². The molecule has 0 atom stereocenters. The fraction of sp³-hybridized carbons (Fsp3) is 0.0769. The molecule has 116 valence electrons. The standard InChI is InChI=1S/C13H13N9O/c14-13-19-20-21-22(13)8-11(23)17-15-6-10-7-16-18-12(10)9-4-2-1-3-5-9/h1-7H,8H2,(H,16,18)(H,17,23)(H2,14,19,21)/b15-6+. The summed E-state index contributed by atoms with van der Waals surface area (Å²) in [6, 6.07) is 9.68. The van der Waals surface area contributed by atoms with Crippen molar-refractivity contribution in [2.24, 2.45) is 5.10 Å². The van der Waals surface area contributed by atoms with E-state index in [1.807, 2.05) is 30.3 Å². The second-order valence-corrected chi connectivity index (χ2v) is 4.55. The molecule has 0 radical (unpaired) electrons. The number of carbonyl (C=O) groups excluding carboxylic acids is 1. The summed E-state index contributed by atoms with van der Waals surface area (Å²) in [4.78, 5) is 11.7. The quantitative estimate of drug-likeness (QED) is 0.440. The molecule has 4 N–H and O–H groups in total. The lowest BCUT2D eigenvalue weighted by molar-refractivity contribution is -0.121. The smallest absolute Gasteiger partial charge is 0.261 e. The number of hydrogen-bond donors (Lipinski definition) is 3. The average molecular weight is 311 g/mol. The van der Waals surface area contributed by atoms with Crippen molar-refractivity contribution in [1.29, 1.82) is 0 Å². The monoisotopic (exact) mass is 311 g/mol. The largest absolute Gasteiger partial charge is 0.367 e. The Labute approximate surface area is 130 Å². The van der Waals surface area contributed by atoms with Crippen LogP contribution in [0.3, 0.4) is 0 Å². The lowest BCUT2D eigenvalue weighted by Crippen LogP contribution is -2.24. The molecular formula is C13H13N9O. The Balaban J connectivity index is 1.64. The molecule has 23 heavy (non-hydrogen) atoms. The van der Waals surface area contributed by atoms with Crippen LogP contribution in [0.2, 0.25) is 0 Å². The van der Waals surface area contributed by atoms with E-state index in [-0.39, 0.29) is 12.5 Å². The van der Waals surface area contributed by atoms with Crippen LogP contribution in [0, 0.1) is 0 Å². The van der Waals surface area contributed by atoms with Crippen molar-refractivity contribution < 1.29 is 4.79 Å². The van der Waals surface area contributed by atoms with Gasteiger partial charge in [0, 0.05) is 11.1 Å². The summed E-state index contributed by atoms with van der Waals surface area (Å²) in [5.41, 5.74) is 10.4. The zero-order valence-electron chi connectivity index (χ0n) is 11.9. The maximum absolute atomic E-state index is 11.7. The number of anilines is 1. The van der Waals surface area contributed by atoms with E-state index >= 15 is 0 Å². The minimum absolute atomic E-state index is 0.0605. The summed E-state index contributed by atoms with van der Waals surface area (Å²) in [5.74, 6) is -0.338. The SMILES string of the molecule is Nc1nnnn1CC(=O)N/N=C/c1cn[nH]c1-c1ccccc1. The molecule has 0 saturated heterocycles. The van der Waals surface area contributed by atoms with Crippen molar-refractivity contribution >= 4 is 18.1 Å². The highest BCUT2D eigenvalue weighted by Gasteiger charge is 2.07. The van der Waals surface area contributed by atoms with Gasteiger partial charge in [-0.05, 0) is 10.4 Å². The predicted molar refractivity (Wildman–Crippen MR) is 82.0 cm³/mol. The van der Waals surface area contributed by atoms with Crippen molar-refractivity contribution in [3.05, 3.63) is 42.1 Å². The number of nitrogen functional groups attached to an aromatic ring is 1. The number of rotatable bonds is 5. The maximum atomic E-state index is 11.7. The van der Waals surface area contributed by atoms with Crippen molar-refractivity contribution in [2.75, 3.05) is 5.73 Å². The molecule has 0 bridgehead atoms. The summed E-state index contributed by atoms with van der Waals surface area (Å²) >= 11 is 0. The normalized spacial score (nSPS) is 11.0. The molecule has 2 aromatic heterocycles. The summed E-state index contributed by atoms with van der Waals surface area (Å²) in [5, 5.41) is 21.2. The molecule has 0 aliphatic carbocycles. The van der Waals surface area contributed by atoms with E-state index in [0.29, 0.717) is 0 Å². The number of hydrogen-bond acceptors (Lipinski definition) is 7. The summed E-state index contributed by atoms with van der Waals surface area (Å²) in [6.45, 7) is -0.118. The van der Waals surface area contributed by atoms with Crippen molar-refractivity contribution in [2.45, 2.75) is 6.54 Å². The molecule has 3 rings (SSSR count). The number of amides is 1. The minimum Gasteiger partial charge on any atom is -0.367 e. The molecular weight excluding hydrogens is 298 g/mol. The fourth-order valence-electron chi connectivity index (χ4n) is 1.90. The summed E-state index contributed by atoms with van der Waals surface area (Å²) in [7, 11) is 0. The van der Waals surface area contributed by atoms with Crippen LogP contribution in [-0.4, -0.2) is 42.5 Å². The number of aromatic amines is 1. The number of nitrogens with one attached hydrogen (secondary N) is 2. The number of benzene rings is 1. The molecule has 2 heterocycles. The first-order valence-corrected chi connectivity index (χ1v) is 6.66. The van der Waals surface area contributed by atoms with Gasteiger partial charge < -0.3 is 5.73 Å². The Bertz CT molecular complexity index is 821. The Hall–Kier alpha value is -3.56. The number of nitrogens with two attached hydrogens (primary N) is 1. The maximum Gasteiger partial charge on any atom is 0.261 e. The molecule has 0 aliphatic rings. The van der Waals surface area contributed by atoms with Gasteiger partial charge in [0.2, 0.25) is 5.95 Å². The Kier molecular flexibility index (Phi) is 4.05. The van der Waals surface area contributed by atoms with Crippen LogP contribution in [-0.2, 0) is 11.3 Å². The van der Waals surface area contributed by atoms with E-state index in [9.17, 15) is 4.79 Å². The number of tetrazole rings is 1. The van der Waals surface area contributed by atoms with Crippen LogP contribution < -0.4 is 11.2 Å². The highest BCUT2D eigenvalue weighted by atomic mass is 16.2. The molecule has 10 nitrogen and oxygen atoms in total. The Morgan fingerprint density at radius 3 is 2.96 bits per heavy atom. The first-order valence-electron chi connectivity index (χ1n) is 6.66. The number of nitrogens with zero attached hydrogens (tertiary/aromatic N) is 6. The van der Waals surface area contributed by atoms with Gasteiger partial charge >= 0.3 is 0 Å². The molecule has 0 aliphatic heterocycles. The number of hydrazone groups is 1. The van der Waals surface area contributed by atoms with Gasteiger partial charge in [0.05, 0.1) is 18.1 Å². The Morgan fingerprint density at radius 1 is 1.39 bits per heavy atom. The highest BCUT2D eigenvalue weighted by Crippen LogP contribution is 2.18. The fourth-order valence-corrected chi connectivity index (χ4v) is 1.90. The molecule has 0 spiro atoms. The third-order valence-corrected chi connectivity index (χ3v) is 2.98. The zero-order valence-corrected chi connectivity index (χ0v) is 11.9. The van der Waals surface area contributed by atoms with Crippen molar-refractivity contribution in [3.8, 4) is 11.3 Å². The van der Waals surface area contributed by atoms with Crippen molar-refractivity contribution in [1.82, 2.24) is 35.8 Å². The number of carbonyl (C=O) groups is 1. The summed E-state index contributed by atoms with van der Waals surface area (Å²) in [6.07, 6.45) is 3.13. The topological polar surface area (TPSA) is 140 Å². The van der Waals surface area contributed by atoms with E-state index < -0.39 is 5.91 Å². The molecule has 0 saturated carbocycles. The summed E-state index contributed by atoms with van der Waals surface area (Å²) < 4.78 is 1.16. The highest BCUT2D eigenvalue weighted by molar-refractivity contribution is 5.89. The Morgan fingerprint density at radius 2 is 2.22 bits per heavy atom. The third kappa shape index (κ3) is 3.37. The number of aromatic nitrogens is 6. The lowest BCUT2D eigenvalue weighted by atomic mass is 10.1. The van der Waals surface area contributed by atoms with Crippen LogP contribution >= 0.6 is 0 Å². The van der Waals surface area contributed by atoms with Crippen molar-refractivity contribution in [3.63, 3.8) is 0 Å². The average Bonchev–Trinajstić information content (AvgIpc) is 3.18. The van der Waals surface area contributed by atoms with Crippen LogP contribution in [0.1, 0.15) is 5.56 Å². The lowest BCUT2D eigenvalue weighted by Gasteiger charge is -2.01. The van der Waals surface area contributed by atoms with Gasteiger partial charge in [0.25, 0.3) is 5.91 Å². The van der Waals surface area contributed by atoms with Gasteiger partial charge in [-0.1, -0.05) is 35.4 Å². The minimum atomic E-state index is -0.398. The van der Waals surface area contributed by atoms with Crippen LogP contribution in [0.4, 0.5) is 5.95 Å². The van der Waals surface area contributed by atoms with E-state index in [0.717, 1.165) is 21.5 Å². The van der Waals surface area contributed by atoms with Gasteiger partial charge in [-0.2, -0.15) is 10.2 Å². The first-order chi connectivity index (χ1) is 11.2. The first kappa shape index (κ1) is 14.4.